The number of hydrogen-bond donors (Lipinski definition) is 1. The van der Waals surface area contributed by atoms with Crippen LogP contribution in [0.1, 0.15) is 5.69 Å². The molecule has 2 rings (SSSR count). The van der Waals surface area contributed by atoms with Crippen molar-refractivity contribution in [1.82, 2.24) is 14.5 Å². The molecule has 5 heteroatoms. The van der Waals surface area contributed by atoms with Crippen molar-refractivity contribution in [2.45, 2.75) is 13.5 Å². The van der Waals surface area contributed by atoms with Crippen molar-refractivity contribution in [3.05, 3.63) is 21.8 Å². The van der Waals surface area contributed by atoms with Crippen molar-refractivity contribution in [2.75, 3.05) is 6.61 Å². The number of aromatic nitrogens is 3. The summed E-state index contributed by atoms with van der Waals surface area (Å²) in [5.41, 5.74) is 1.88. The van der Waals surface area contributed by atoms with Gasteiger partial charge in [0.25, 0.3) is 0 Å². The summed E-state index contributed by atoms with van der Waals surface area (Å²) in [5, 5.41) is 9.98. The normalized spacial score (nSPS) is 11.1. The lowest BCUT2D eigenvalue weighted by Crippen LogP contribution is -2.01. The van der Waals surface area contributed by atoms with Crippen LogP contribution in [-0.4, -0.2) is 26.2 Å². The minimum absolute atomic E-state index is 0.128. The molecular weight excluding hydrogens is 293 g/mol. The Balaban J connectivity index is 2.71. The molecule has 0 saturated heterocycles. The van der Waals surface area contributed by atoms with Crippen molar-refractivity contribution in [3.8, 4) is 0 Å². The molecule has 0 unspecified atom stereocenters. The van der Waals surface area contributed by atoms with Gasteiger partial charge in [-0.3, -0.25) is 0 Å². The van der Waals surface area contributed by atoms with Crippen LogP contribution in [0, 0.1) is 10.5 Å². The fraction of sp³-hybridized carbons (Fsp3) is 0.333. The molecule has 2 heterocycles. The molecule has 0 spiro atoms. The first kappa shape index (κ1) is 9.85. The molecule has 2 aromatic rings. The van der Waals surface area contributed by atoms with E-state index in [9.17, 15) is 0 Å². The highest BCUT2D eigenvalue weighted by Crippen LogP contribution is 2.22. The Hall–Kier alpha value is -0.690. The highest BCUT2D eigenvalue weighted by atomic mass is 127. The molecule has 0 atom stereocenters. The first-order valence-corrected chi connectivity index (χ1v) is 5.38. The Bertz CT molecular complexity index is 466. The number of nitrogens with zero attached hydrogens (tertiary/aromatic N) is 3. The van der Waals surface area contributed by atoms with E-state index < -0.39 is 0 Å². The van der Waals surface area contributed by atoms with Crippen molar-refractivity contribution < 1.29 is 5.11 Å². The van der Waals surface area contributed by atoms with Gasteiger partial charge in [-0.25, -0.2) is 9.97 Å². The molecule has 0 fully saturated rings. The second-order valence-electron chi connectivity index (χ2n) is 3.05. The molecule has 0 aliphatic rings. The summed E-state index contributed by atoms with van der Waals surface area (Å²) >= 11 is 2.26. The Morgan fingerprint density at radius 3 is 3.00 bits per heavy atom. The third-order valence-electron chi connectivity index (χ3n) is 2.14. The molecule has 4 nitrogen and oxygen atoms in total. The van der Waals surface area contributed by atoms with E-state index in [-0.39, 0.29) is 6.61 Å². The second-order valence-corrected chi connectivity index (χ2v) is 4.21. The smallest absolute Gasteiger partial charge is 0.144 e. The Morgan fingerprint density at radius 1 is 1.50 bits per heavy atom. The maximum absolute atomic E-state index is 8.89. The molecule has 0 aromatic carbocycles. The van der Waals surface area contributed by atoms with Gasteiger partial charge in [0.1, 0.15) is 12.0 Å². The predicted octanol–water partition coefficient (Wildman–Crippen LogP) is 1.34. The fourth-order valence-corrected chi connectivity index (χ4v) is 2.47. The van der Waals surface area contributed by atoms with E-state index in [1.165, 1.54) is 0 Å². The quantitative estimate of drug-likeness (QED) is 0.852. The van der Waals surface area contributed by atoms with Crippen LogP contribution >= 0.6 is 22.6 Å². The summed E-state index contributed by atoms with van der Waals surface area (Å²) in [4.78, 5) is 8.37. The lowest BCUT2D eigenvalue weighted by Gasteiger charge is -2.00. The van der Waals surface area contributed by atoms with Crippen LogP contribution in [-0.2, 0) is 6.54 Å². The number of aliphatic hydroxyl groups excluding tert-OH is 1. The number of aryl methyl sites for hydroxylation is 1. The Morgan fingerprint density at radius 2 is 2.29 bits per heavy atom. The van der Waals surface area contributed by atoms with Crippen LogP contribution in [0.4, 0.5) is 0 Å². The molecule has 0 aliphatic heterocycles. The highest BCUT2D eigenvalue weighted by Gasteiger charge is 2.09. The van der Waals surface area contributed by atoms with Crippen LogP contribution in [0.15, 0.2) is 12.5 Å². The molecule has 1 N–H and O–H groups in total. The molecular formula is C9H10IN3O. The molecule has 0 aliphatic carbocycles. The van der Waals surface area contributed by atoms with E-state index in [2.05, 4.69) is 32.6 Å². The van der Waals surface area contributed by atoms with E-state index in [4.69, 9.17) is 5.11 Å². The highest BCUT2D eigenvalue weighted by molar-refractivity contribution is 14.1. The minimum atomic E-state index is 0.128. The molecule has 2 aromatic heterocycles. The lowest BCUT2D eigenvalue weighted by atomic mass is 10.3. The second kappa shape index (κ2) is 3.82. The SMILES string of the molecule is Cc1ncnc2c1c(I)cn2CCO. The number of hydrogen-bond acceptors (Lipinski definition) is 3. The number of aliphatic hydroxyl groups is 1. The van der Waals surface area contributed by atoms with E-state index in [1.807, 2.05) is 17.7 Å². The van der Waals surface area contributed by atoms with Crippen LogP contribution in [0.3, 0.4) is 0 Å². The first-order chi connectivity index (χ1) is 6.74. The van der Waals surface area contributed by atoms with Crippen molar-refractivity contribution in [3.63, 3.8) is 0 Å². The van der Waals surface area contributed by atoms with Crippen molar-refractivity contribution in [1.29, 1.82) is 0 Å². The van der Waals surface area contributed by atoms with Crippen LogP contribution in [0.5, 0.6) is 0 Å². The monoisotopic (exact) mass is 303 g/mol. The maximum Gasteiger partial charge on any atom is 0.144 e. The molecule has 0 bridgehead atoms. The molecule has 14 heavy (non-hydrogen) atoms. The zero-order valence-electron chi connectivity index (χ0n) is 7.74. The summed E-state index contributed by atoms with van der Waals surface area (Å²) in [6.07, 6.45) is 3.55. The summed E-state index contributed by atoms with van der Waals surface area (Å²) < 4.78 is 3.08. The standard InChI is InChI=1S/C9H10IN3O/c1-6-8-7(10)4-13(2-3-14)9(8)12-5-11-6/h4-5,14H,2-3H2,1H3. The van der Waals surface area contributed by atoms with Gasteiger partial charge in [0.05, 0.1) is 17.7 Å². The van der Waals surface area contributed by atoms with E-state index in [1.54, 1.807) is 6.33 Å². The maximum atomic E-state index is 8.89. The molecule has 74 valence electrons. The lowest BCUT2D eigenvalue weighted by molar-refractivity contribution is 0.278. The molecule has 0 radical (unpaired) electrons. The van der Waals surface area contributed by atoms with Crippen molar-refractivity contribution in [2.24, 2.45) is 0 Å². The zero-order chi connectivity index (χ0) is 10.1. The molecule has 0 amide bonds. The van der Waals surface area contributed by atoms with Gasteiger partial charge in [-0.15, -0.1) is 0 Å². The largest absolute Gasteiger partial charge is 0.395 e. The van der Waals surface area contributed by atoms with Gasteiger partial charge < -0.3 is 9.67 Å². The van der Waals surface area contributed by atoms with E-state index >= 15 is 0 Å². The average molecular weight is 303 g/mol. The number of fused-ring (bicyclic) bond motifs is 1. The summed E-state index contributed by atoms with van der Waals surface area (Å²) in [5.74, 6) is 0. The van der Waals surface area contributed by atoms with Gasteiger partial charge in [-0.05, 0) is 29.5 Å². The van der Waals surface area contributed by atoms with E-state index in [0.717, 1.165) is 20.3 Å². The zero-order valence-corrected chi connectivity index (χ0v) is 9.89. The number of rotatable bonds is 2. The van der Waals surface area contributed by atoms with Crippen LogP contribution in [0.25, 0.3) is 11.0 Å². The van der Waals surface area contributed by atoms with Gasteiger partial charge in [0.2, 0.25) is 0 Å². The van der Waals surface area contributed by atoms with Gasteiger partial charge in [0.15, 0.2) is 0 Å². The summed E-state index contributed by atoms with van der Waals surface area (Å²) in [6, 6.07) is 0. The summed E-state index contributed by atoms with van der Waals surface area (Å²) in [7, 11) is 0. The fourth-order valence-electron chi connectivity index (χ4n) is 1.50. The first-order valence-electron chi connectivity index (χ1n) is 4.31. The van der Waals surface area contributed by atoms with E-state index in [0.29, 0.717) is 6.54 Å². The average Bonchev–Trinajstić information content (AvgIpc) is 2.46. The van der Waals surface area contributed by atoms with Gasteiger partial charge in [0, 0.05) is 16.3 Å². The Labute approximate surface area is 95.1 Å². The van der Waals surface area contributed by atoms with Crippen molar-refractivity contribution >= 4 is 33.6 Å². The minimum Gasteiger partial charge on any atom is -0.395 e. The summed E-state index contributed by atoms with van der Waals surface area (Å²) in [6.45, 7) is 2.67. The van der Waals surface area contributed by atoms with Gasteiger partial charge in [-0.1, -0.05) is 0 Å². The topological polar surface area (TPSA) is 50.9 Å². The van der Waals surface area contributed by atoms with Gasteiger partial charge >= 0.3 is 0 Å². The van der Waals surface area contributed by atoms with Crippen LogP contribution < -0.4 is 0 Å². The number of halogens is 1. The Kier molecular flexibility index (Phi) is 2.69. The molecule has 0 saturated carbocycles. The third-order valence-corrected chi connectivity index (χ3v) is 2.96. The third kappa shape index (κ3) is 1.50. The van der Waals surface area contributed by atoms with Crippen LogP contribution in [0.2, 0.25) is 0 Å². The van der Waals surface area contributed by atoms with Gasteiger partial charge in [-0.2, -0.15) is 0 Å². The predicted molar refractivity (Wildman–Crippen MR) is 62.1 cm³/mol.